The molecule has 5 nitrogen and oxygen atoms in total. The third-order valence-corrected chi connectivity index (χ3v) is 1.85. The Morgan fingerprint density at radius 3 is 3.13 bits per heavy atom. The lowest BCUT2D eigenvalue weighted by Crippen LogP contribution is -2.25. The van der Waals surface area contributed by atoms with Crippen LogP contribution in [-0.2, 0) is 16.1 Å². The first kappa shape index (κ1) is 11.3. The van der Waals surface area contributed by atoms with Gasteiger partial charge in [-0.15, -0.1) is 0 Å². The number of hydrogen-bond acceptors (Lipinski definition) is 4. The molecule has 0 aliphatic carbocycles. The molecule has 0 radical (unpaired) electrons. The van der Waals surface area contributed by atoms with Crippen LogP contribution in [0.25, 0.3) is 0 Å². The lowest BCUT2D eigenvalue weighted by molar-refractivity contribution is -0.134. The van der Waals surface area contributed by atoms with E-state index in [0.717, 1.165) is 6.54 Å². The van der Waals surface area contributed by atoms with Crippen LogP contribution >= 0.6 is 0 Å². The summed E-state index contributed by atoms with van der Waals surface area (Å²) in [7, 11) is 1.35. The van der Waals surface area contributed by atoms with Crippen LogP contribution < -0.4 is 5.32 Å². The summed E-state index contributed by atoms with van der Waals surface area (Å²) < 4.78 is 6.42. The zero-order chi connectivity index (χ0) is 11.1. The molecule has 82 valence electrons. The summed E-state index contributed by atoms with van der Waals surface area (Å²) in [5.41, 5.74) is 0. The predicted molar refractivity (Wildman–Crippen MR) is 56.0 cm³/mol. The molecule has 0 saturated carbocycles. The normalized spacial score (nSPS) is 12.7. The van der Waals surface area contributed by atoms with Crippen LogP contribution in [0.3, 0.4) is 0 Å². The zero-order valence-electron chi connectivity index (χ0n) is 8.88. The molecular weight excluding hydrogens is 194 g/mol. The molecule has 5 heteroatoms. The highest BCUT2D eigenvalue weighted by Gasteiger charge is 1.99. The van der Waals surface area contributed by atoms with Crippen LogP contribution in [-0.4, -0.2) is 28.7 Å². The Kier molecular flexibility index (Phi) is 4.40. The number of methoxy groups -OCH3 is 1. The van der Waals surface area contributed by atoms with Gasteiger partial charge in [0.05, 0.1) is 13.4 Å². The van der Waals surface area contributed by atoms with E-state index in [-0.39, 0.29) is 12.0 Å². The van der Waals surface area contributed by atoms with Gasteiger partial charge in [-0.1, -0.05) is 0 Å². The van der Waals surface area contributed by atoms with E-state index in [1.165, 1.54) is 13.2 Å². The third kappa shape index (κ3) is 4.30. The van der Waals surface area contributed by atoms with Crippen molar-refractivity contribution in [2.75, 3.05) is 7.11 Å². The molecule has 1 N–H and O–H groups in total. The fourth-order valence-corrected chi connectivity index (χ4v) is 1.11. The SMILES string of the molecule is COC(=O)/C=C/NC(C)Cn1ccnc1. The number of nitrogens with zero attached hydrogens (tertiary/aromatic N) is 2. The molecule has 1 rings (SSSR count). The minimum absolute atomic E-state index is 0.222. The lowest BCUT2D eigenvalue weighted by Gasteiger charge is -2.11. The maximum atomic E-state index is 10.7. The summed E-state index contributed by atoms with van der Waals surface area (Å²) in [6.07, 6.45) is 8.32. The molecular formula is C10H15N3O2. The molecule has 1 aromatic heterocycles. The Morgan fingerprint density at radius 2 is 2.53 bits per heavy atom. The monoisotopic (exact) mass is 209 g/mol. The van der Waals surface area contributed by atoms with Crippen molar-refractivity contribution in [2.45, 2.75) is 19.5 Å². The molecule has 0 fully saturated rings. The summed E-state index contributed by atoms with van der Waals surface area (Å²) in [5, 5.41) is 3.06. The molecule has 1 atom stereocenters. The van der Waals surface area contributed by atoms with Crippen molar-refractivity contribution in [3.05, 3.63) is 31.0 Å². The lowest BCUT2D eigenvalue weighted by atomic mass is 10.3. The first-order chi connectivity index (χ1) is 7.22. The van der Waals surface area contributed by atoms with Crippen LogP contribution in [0.15, 0.2) is 31.0 Å². The van der Waals surface area contributed by atoms with Crippen molar-refractivity contribution in [1.82, 2.24) is 14.9 Å². The molecule has 0 spiro atoms. The molecule has 0 amide bonds. The van der Waals surface area contributed by atoms with Crippen LogP contribution in [0.5, 0.6) is 0 Å². The van der Waals surface area contributed by atoms with E-state index in [1.54, 1.807) is 18.7 Å². The highest BCUT2D eigenvalue weighted by molar-refractivity contribution is 5.81. The minimum atomic E-state index is -0.364. The van der Waals surface area contributed by atoms with E-state index in [4.69, 9.17) is 0 Å². The number of ether oxygens (including phenoxy) is 1. The molecule has 1 unspecified atom stereocenters. The summed E-state index contributed by atoms with van der Waals surface area (Å²) in [4.78, 5) is 14.7. The number of carbonyl (C=O) groups excluding carboxylic acids is 1. The smallest absolute Gasteiger partial charge is 0.331 e. The maximum absolute atomic E-state index is 10.7. The standard InChI is InChI=1S/C10H15N3O2/c1-9(7-13-6-5-11-8-13)12-4-3-10(14)15-2/h3-6,8-9,12H,7H2,1-2H3/b4-3+. The number of rotatable bonds is 5. The van der Waals surface area contributed by atoms with Gasteiger partial charge in [0.25, 0.3) is 0 Å². The number of carbonyl (C=O) groups is 1. The van der Waals surface area contributed by atoms with Crippen LogP contribution in [0.2, 0.25) is 0 Å². The molecule has 0 bridgehead atoms. The molecule has 0 saturated heterocycles. The molecule has 0 aliphatic rings. The van der Waals surface area contributed by atoms with Crippen molar-refractivity contribution in [3.63, 3.8) is 0 Å². The summed E-state index contributed by atoms with van der Waals surface area (Å²) in [6, 6.07) is 0.222. The van der Waals surface area contributed by atoms with E-state index >= 15 is 0 Å². The molecule has 1 aromatic rings. The second-order valence-electron chi connectivity index (χ2n) is 3.18. The van der Waals surface area contributed by atoms with E-state index in [1.807, 2.05) is 17.7 Å². The van der Waals surface area contributed by atoms with Crippen LogP contribution in [0, 0.1) is 0 Å². The molecule has 1 heterocycles. The average Bonchev–Trinajstić information content (AvgIpc) is 2.70. The van der Waals surface area contributed by atoms with Crippen molar-refractivity contribution in [1.29, 1.82) is 0 Å². The molecule has 0 aliphatic heterocycles. The summed E-state index contributed by atoms with van der Waals surface area (Å²) >= 11 is 0. The van der Waals surface area contributed by atoms with Crippen molar-refractivity contribution >= 4 is 5.97 Å². The van der Waals surface area contributed by atoms with Crippen LogP contribution in [0.4, 0.5) is 0 Å². The highest BCUT2D eigenvalue weighted by Crippen LogP contribution is 1.91. The van der Waals surface area contributed by atoms with Gasteiger partial charge in [0, 0.05) is 37.3 Å². The van der Waals surface area contributed by atoms with Crippen LogP contribution in [0.1, 0.15) is 6.92 Å². The second-order valence-corrected chi connectivity index (χ2v) is 3.18. The summed E-state index contributed by atoms with van der Waals surface area (Å²) in [6.45, 7) is 2.81. The van der Waals surface area contributed by atoms with Gasteiger partial charge in [-0.25, -0.2) is 9.78 Å². The molecule has 15 heavy (non-hydrogen) atoms. The van der Waals surface area contributed by atoms with E-state index in [0.29, 0.717) is 0 Å². The largest absolute Gasteiger partial charge is 0.466 e. The van der Waals surface area contributed by atoms with Gasteiger partial charge in [-0.2, -0.15) is 0 Å². The molecule has 0 aromatic carbocycles. The van der Waals surface area contributed by atoms with Crippen molar-refractivity contribution < 1.29 is 9.53 Å². The fourth-order valence-electron chi connectivity index (χ4n) is 1.11. The number of aromatic nitrogens is 2. The number of hydrogen-bond donors (Lipinski definition) is 1. The summed E-state index contributed by atoms with van der Waals surface area (Å²) in [5.74, 6) is -0.364. The topological polar surface area (TPSA) is 56.1 Å². The van der Waals surface area contributed by atoms with Crippen molar-refractivity contribution in [3.8, 4) is 0 Å². The van der Waals surface area contributed by atoms with Gasteiger partial charge in [0.15, 0.2) is 0 Å². The van der Waals surface area contributed by atoms with Gasteiger partial charge in [-0.3, -0.25) is 0 Å². The highest BCUT2D eigenvalue weighted by atomic mass is 16.5. The zero-order valence-corrected chi connectivity index (χ0v) is 8.88. The first-order valence-electron chi connectivity index (χ1n) is 4.68. The Bertz CT molecular complexity index is 319. The van der Waals surface area contributed by atoms with Gasteiger partial charge in [-0.05, 0) is 6.92 Å². The van der Waals surface area contributed by atoms with Gasteiger partial charge in [0.1, 0.15) is 0 Å². The third-order valence-electron chi connectivity index (χ3n) is 1.85. The maximum Gasteiger partial charge on any atom is 0.331 e. The number of imidazole rings is 1. The Hall–Kier alpha value is -1.78. The van der Waals surface area contributed by atoms with Gasteiger partial charge >= 0.3 is 5.97 Å². The Labute approximate surface area is 88.8 Å². The fraction of sp³-hybridized carbons (Fsp3) is 0.400. The number of nitrogens with one attached hydrogen (secondary N) is 1. The van der Waals surface area contributed by atoms with E-state index in [9.17, 15) is 4.79 Å². The van der Waals surface area contributed by atoms with E-state index in [2.05, 4.69) is 15.0 Å². The van der Waals surface area contributed by atoms with E-state index < -0.39 is 0 Å². The average molecular weight is 209 g/mol. The first-order valence-corrected chi connectivity index (χ1v) is 4.68. The van der Waals surface area contributed by atoms with Crippen molar-refractivity contribution in [2.24, 2.45) is 0 Å². The Balaban J connectivity index is 2.27. The van der Waals surface area contributed by atoms with Gasteiger partial charge < -0.3 is 14.6 Å². The second kappa shape index (κ2) is 5.85. The minimum Gasteiger partial charge on any atom is -0.466 e. The Morgan fingerprint density at radius 1 is 1.73 bits per heavy atom. The van der Waals surface area contributed by atoms with Gasteiger partial charge in [0.2, 0.25) is 0 Å². The quantitative estimate of drug-likeness (QED) is 0.568. The predicted octanol–water partition coefficient (Wildman–Crippen LogP) is 0.548. The number of esters is 1.